The highest BCUT2D eigenvalue weighted by molar-refractivity contribution is 7.15. The zero-order chi connectivity index (χ0) is 17.1. The average Bonchev–Trinajstić information content (AvgIpc) is 2.78. The van der Waals surface area contributed by atoms with E-state index in [9.17, 15) is 22.8 Å². The van der Waals surface area contributed by atoms with Crippen LogP contribution in [0.5, 0.6) is 0 Å². The predicted molar refractivity (Wildman–Crippen MR) is 75.2 cm³/mol. The summed E-state index contributed by atoms with van der Waals surface area (Å²) in [6.45, 7) is 5.85. The largest absolute Gasteiger partial charge is 0.460 e. The van der Waals surface area contributed by atoms with E-state index >= 15 is 0 Å². The summed E-state index contributed by atoms with van der Waals surface area (Å²) in [6, 6.07) is 0. The molecular weight excluding hydrogens is 321 g/mol. The molecule has 1 rings (SSSR count). The molecule has 0 spiro atoms. The highest BCUT2D eigenvalue weighted by Crippen LogP contribution is 2.36. The first kappa shape index (κ1) is 18.4. The Kier molecular flexibility index (Phi) is 5.92. The zero-order valence-corrected chi connectivity index (χ0v) is 13.4. The molecule has 1 aromatic heterocycles. The van der Waals surface area contributed by atoms with Crippen molar-refractivity contribution in [3.05, 3.63) is 10.6 Å². The average molecular weight is 338 g/mol. The zero-order valence-electron chi connectivity index (χ0n) is 12.6. The smallest absolute Gasteiger partial charge is 0.434 e. The monoisotopic (exact) mass is 338 g/mol. The van der Waals surface area contributed by atoms with Crippen LogP contribution in [0.4, 0.5) is 18.3 Å². The van der Waals surface area contributed by atoms with E-state index in [2.05, 4.69) is 10.3 Å². The Balaban J connectivity index is 2.96. The first-order valence-electron chi connectivity index (χ1n) is 6.56. The first-order chi connectivity index (χ1) is 10.0. The van der Waals surface area contributed by atoms with Crippen LogP contribution in [0, 0.1) is 11.8 Å². The minimum atomic E-state index is -4.68. The van der Waals surface area contributed by atoms with Gasteiger partial charge in [0.1, 0.15) is 6.61 Å². The molecule has 1 heterocycles. The molecule has 1 N–H and O–H groups in total. The molecule has 124 valence electrons. The van der Waals surface area contributed by atoms with E-state index in [1.54, 1.807) is 27.7 Å². The van der Waals surface area contributed by atoms with E-state index in [-0.39, 0.29) is 15.9 Å². The second kappa shape index (κ2) is 7.08. The molecule has 0 unspecified atom stereocenters. The van der Waals surface area contributed by atoms with Crippen molar-refractivity contribution in [2.75, 3.05) is 5.32 Å². The third-order valence-corrected chi connectivity index (χ3v) is 3.48. The number of rotatable bonds is 5. The third-order valence-electron chi connectivity index (χ3n) is 2.54. The van der Waals surface area contributed by atoms with Gasteiger partial charge in [0.25, 0.3) is 0 Å². The van der Waals surface area contributed by atoms with Crippen LogP contribution in [0.15, 0.2) is 0 Å². The SMILES string of the molecule is CC(C)C(=O)Nc1nc(C(F)(F)F)c(COC(=O)C(C)C)s1. The maximum atomic E-state index is 12.9. The number of carbonyl (C=O) groups excluding carboxylic acids is 2. The molecule has 0 aromatic carbocycles. The quantitative estimate of drug-likeness (QED) is 0.835. The maximum Gasteiger partial charge on any atom is 0.434 e. The summed E-state index contributed by atoms with van der Waals surface area (Å²) in [7, 11) is 0. The number of anilines is 1. The molecule has 0 aliphatic rings. The minimum Gasteiger partial charge on any atom is -0.460 e. The number of nitrogens with one attached hydrogen (secondary N) is 1. The van der Waals surface area contributed by atoms with Crippen LogP contribution in [-0.2, 0) is 27.1 Å². The Morgan fingerprint density at radius 2 is 1.82 bits per heavy atom. The molecule has 0 aliphatic heterocycles. The summed E-state index contributed by atoms with van der Waals surface area (Å²) in [5.74, 6) is -1.87. The van der Waals surface area contributed by atoms with Crippen molar-refractivity contribution in [1.82, 2.24) is 4.98 Å². The van der Waals surface area contributed by atoms with Gasteiger partial charge in [0.2, 0.25) is 5.91 Å². The molecule has 0 radical (unpaired) electrons. The van der Waals surface area contributed by atoms with Crippen LogP contribution in [-0.4, -0.2) is 16.9 Å². The Bertz CT molecular complexity index is 553. The second-order valence-corrected chi connectivity index (χ2v) is 6.28. The lowest BCUT2D eigenvalue weighted by molar-refractivity contribution is -0.151. The fraction of sp³-hybridized carbons (Fsp3) is 0.615. The molecule has 0 fully saturated rings. The number of thiazole rings is 1. The second-order valence-electron chi connectivity index (χ2n) is 5.19. The normalized spacial score (nSPS) is 11.9. The summed E-state index contributed by atoms with van der Waals surface area (Å²) in [6.07, 6.45) is -4.68. The molecule has 0 aliphatic carbocycles. The van der Waals surface area contributed by atoms with Crippen LogP contribution in [0.3, 0.4) is 0 Å². The van der Waals surface area contributed by atoms with Gasteiger partial charge in [0.05, 0.1) is 10.8 Å². The van der Waals surface area contributed by atoms with Crippen molar-refractivity contribution in [3.8, 4) is 0 Å². The molecule has 5 nitrogen and oxygen atoms in total. The van der Waals surface area contributed by atoms with Gasteiger partial charge in [-0.2, -0.15) is 13.2 Å². The number of hydrogen-bond acceptors (Lipinski definition) is 5. The summed E-state index contributed by atoms with van der Waals surface area (Å²) in [5, 5.41) is 2.15. The Hall–Kier alpha value is -1.64. The molecule has 0 bridgehead atoms. The van der Waals surface area contributed by atoms with E-state index < -0.39 is 36.3 Å². The number of carbonyl (C=O) groups is 2. The number of aromatic nitrogens is 1. The van der Waals surface area contributed by atoms with Crippen molar-refractivity contribution in [1.29, 1.82) is 0 Å². The number of esters is 1. The molecule has 0 atom stereocenters. The van der Waals surface area contributed by atoms with Crippen LogP contribution in [0.2, 0.25) is 0 Å². The number of amides is 1. The number of hydrogen-bond donors (Lipinski definition) is 1. The van der Waals surface area contributed by atoms with E-state index in [1.807, 2.05) is 0 Å². The Morgan fingerprint density at radius 1 is 1.23 bits per heavy atom. The third kappa shape index (κ3) is 4.97. The van der Waals surface area contributed by atoms with Gasteiger partial charge in [-0.05, 0) is 0 Å². The van der Waals surface area contributed by atoms with Gasteiger partial charge >= 0.3 is 12.1 Å². The lowest BCUT2D eigenvalue weighted by Crippen LogP contribution is -2.18. The first-order valence-corrected chi connectivity index (χ1v) is 7.38. The summed E-state index contributed by atoms with van der Waals surface area (Å²) in [5.41, 5.74) is -1.15. The molecule has 1 amide bonds. The number of ether oxygens (including phenoxy) is 1. The van der Waals surface area contributed by atoms with Crippen molar-refractivity contribution >= 4 is 28.3 Å². The Morgan fingerprint density at radius 3 is 2.27 bits per heavy atom. The minimum absolute atomic E-state index is 0.165. The Labute approximate surface area is 129 Å². The van der Waals surface area contributed by atoms with Gasteiger partial charge in [0, 0.05) is 5.92 Å². The number of nitrogens with zero attached hydrogens (tertiary/aromatic N) is 1. The summed E-state index contributed by atoms with van der Waals surface area (Å²) < 4.78 is 43.6. The van der Waals surface area contributed by atoms with Gasteiger partial charge < -0.3 is 10.1 Å². The van der Waals surface area contributed by atoms with Gasteiger partial charge in [-0.3, -0.25) is 9.59 Å². The van der Waals surface area contributed by atoms with Crippen molar-refractivity contribution in [2.45, 2.75) is 40.5 Å². The van der Waals surface area contributed by atoms with Gasteiger partial charge in [-0.15, -0.1) is 0 Å². The molecular formula is C13H17F3N2O3S. The topological polar surface area (TPSA) is 68.3 Å². The van der Waals surface area contributed by atoms with E-state index in [1.165, 1.54) is 0 Å². The fourth-order valence-corrected chi connectivity index (χ4v) is 2.18. The van der Waals surface area contributed by atoms with Gasteiger partial charge in [0.15, 0.2) is 10.8 Å². The maximum absolute atomic E-state index is 12.9. The molecule has 0 saturated carbocycles. The van der Waals surface area contributed by atoms with Gasteiger partial charge in [-0.1, -0.05) is 39.0 Å². The lowest BCUT2D eigenvalue weighted by Gasteiger charge is -2.08. The van der Waals surface area contributed by atoms with Crippen LogP contribution in [0.25, 0.3) is 0 Å². The lowest BCUT2D eigenvalue weighted by atomic mass is 10.2. The molecule has 22 heavy (non-hydrogen) atoms. The molecule has 0 saturated heterocycles. The standard InChI is InChI=1S/C13H17F3N2O3S/c1-6(2)10(19)18-12-17-9(13(14,15)16)8(22-12)5-21-11(20)7(3)4/h6-7H,5H2,1-4H3,(H,17,18,19). The molecule has 9 heteroatoms. The van der Waals surface area contributed by atoms with Crippen molar-refractivity contribution in [3.63, 3.8) is 0 Å². The fourth-order valence-electron chi connectivity index (χ4n) is 1.28. The highest BCUT2D eigenvalue weighted by atomic mass is 32.1. The van der Waals surface area contributed by atoms with Gasteiger partial charge in [-0.25, -0.2) is 4.98 Å². The van der Waals surface area contributed by atoms with Crippen LogP contribution < -0.4 is 5.32 Å². The van der Waals surface area contributed by atoms with E-state index in [4.69, 9.17) is 4.74 Å². The number of alkyl halides is 3. The molecule has 1 aromatic rings. The van der Waals surface area contributed by atoms with Crippen LogP contribution in [0.1, 0.15) is 38.3 Å². The van der Waals surface area contributed by atoms with E-state index in [0.29, 0.717) is 11.3 Å². The summed E-state index contributed by atoms with van der Waals surface area (Å²) in [4.78, 5) is 26.0. The summed E-state index contributed by atoms with van der Waals surface area (Å²) >= 11 is 0.646. The highest BCUT2D eigenvalue weighted by Gasteiger charge is 2.38. The van der Waals surface area contributed by atoms with E-state index in [0.717, 1.165) is 0 Å². The van der Waals surface area contributed by atoms with Crippen LogP contribution >= 0.6 is 11.3 Å². The predicted octanol–water partition coefficient (Wildman–Crippen LogP) is 3.46. The number of halogens is 3. The van der Waals surface area contributed by atoms with Crippen molar-refractivity contribution in [2.24, 2.45) is 11.8 Å². The van der Waals surface area contributed by atoms with Crippen molar-refractivity contribution < 1.29 is 27.5 Å².